The highest BCUT2D eigenvalue weighted by molar-refractivity contribution is 7.90. The molecule has 1 spiro atoms. The van der Waals surface area contributed by atoms with Crippen LogP contribution in [0.2, 0.25) is 0 Å². The molecule has 1 fully saturated rings. The van der Waals surface area contributed by atoms with Crippen LogP contribution in [0.15, 0.2) is 53.4 Å². The number of carbonyl (C=O) groups is 2. The van der Waals surface area contributed by atoms with Crippen LogP contribution in [-0.4, -0.2) is 63.7 Å². The monoisotopic (exact) mass is 528 g/mol. The number of amides is 1. The molecule has 2 aromatic rings. The molecule has 2 heterocycles. The minimum absolute atomic E-state index is 0.0443. The van der Waals surface area contributed by atoms with Gasteiger partial charge in [-0.1, -0.05) is 36.4 Å². The number of nitrogens with one attached hydrogen (secondary N) is 3. The summed E-state index contributed by atoms with van der Waals surface area (Å²) in [7, 11) is -3.54. The first kappa shape index (κ1) is 27.3. The van der Waals surface area contributed by atoms with Crippen LogP contribution in [-0.2, 0) is 36.2 Å². The molecule has 2 atom stereocenters. The summed E-state index contributed by atoms with van der Waals surface area (Å²) < 4.78 is 31.4. The van der Waals surface area contributed by atoms with Gasteiger partial charge in [0.15, 0.2) is 15.6 Å². The molecular formula is C27H36N4O5S. The van der Waals surface area contributed by atoms with Crippen LogP contribution in [0.1, 0.15) is 37.8 Å². The number of benzene rings is 2. The number of rotatable bonds is 9. The van der Waals surface area contributed by atoms with Gasteiger partial charge in [0, 0.05) is 22.9 Å². The van der Waals surface area contributed by atoms with Crippen LogP contribution < -0.4 is 21.7 Å². The Balaban J connectivity index is 1.67. The highest BCUT2D eigenvalue weighted by atomic mass is 32.2. The highest BCUT2D eigenvalue weighted by Gasteiger charge is 2.54. The molecule has 0 bridgehead atoms. The summed E-state index contributed by atoms with van der Waals surface area (Å²) >= 11 is 0. The fraction of sp³-hybridized carbons (Fsp3) is 0.481. The molecule has 1 unspecified atom stereocenters. The van der Waals surface area contributed by atoms with Gasteiger partial charge in [-0.05, 0) is 57.5 Å². The molecule has 4 rings (SSSR count). The van der Waals surface area contributed by atoms with E-state index in [1.54, 1.807) is 26.0 Å². The van der Waals surface area contributed by atoms with Gasteiger partial charge in [0.2, 0.25) is 5.91 Å². The molecule has 9 nitrogen and oxygen atoms in total. The Morgan fingerprint density at radius 1 is 1.14 bits per heavy atom. The smallest absolute Gasteiger partial charge is 0.240 e. The van der Waals surface area contributed by atoms with Crippen molar-refractivity contribution in [2.75, 3.05) is 31.3 Å². The zero-order valence-corrected chi connectivity index (χ0v) is 22.4. The van der Waals surface area contributed by atoms with Crippen molar-refractivity contribution in [3.63, 3.8) is 0 Å². The van der Waals surface area contributed by atoms with Gasteiger partial charge < -0.3 is 26.4 Å². The molecule has 200 valence electrons. The lowest BCUT2D eigenvalue weighted by Crippen LogP contribution is -2.60. The lowest BCUT2D eigenvalue weighted by atomic mass is 9.68. The number of carbonyl (C=O) groups excluding carboxylic acids is 2. The molecule has 0 aromatic heterocycles. The van der Waals surface area contributed by atoms with Gasteiger partial charge in [0.1, 0.15) is 6.04 Å². The first-order valence-corrected chi connectivity index (χ1v) is 14.4. The summed E-state index contributed by atoms with van der Waals surface area (Å²) in [5.41, 5.74) is 6.32. The van der Waals surface area contributed by atoms with Gasteiger partial charge in [0.05, 0.1) is 29.7 Å². The minimum atomic E-state index is -3.54. The van der Waals surface area contributed by atoms with E-state index in [0.29, 0.717) is 37.2 Å². The number of ether oxygens (including phenoxy) is 1. The third-order valence-corrected chi connectivity index (χ3v) is 8.33. The van der Waals surface area contributed by atoms with Crippen molar-refractivity contribution >= 4 is 27.2 Å². The summed E-state index contributed by atoms with van der Waals surface area (Å²) in [6.45, 7) is 4.66. The van der Waals surface area contributed by atoms with E-state index in [-0.39, 0.29) is 23.9 Å². The average Bonchev–Trinajstić information content (AvgIpc) is 3.16. The maximum absolute atomic E-state index is 14.2. The molecule has 0 aliphatic carbocycles. The Labute approximate surface area is 218 Å². The van der Waals surface area contributed by atoms with Crippen molar-refractivity contribution in [3.8, 4) is 0 Å². The quantitative estimate of drug-likeness (QED) is 0.384. The van der Waals surface area contributed by atoms with E-state index >= 15 is 0 Å². The fourth-order valence-corrected chi connectivity index (χ4v) is 6.29. The highest BCUT2D eigenvalue weighted by Crippen LogP contribution is 2.50. The number of hydrogen-bond donors (Lipinski definition) is 4. The SMILES string of the molecule is CC(C)(N)C(=O)N[C@H](COCc1ccccc1)C(=O)C1Nc2cccc(S(C)(=O)=O)c2C12CCNCC2. The first-order chi connectivity index (χ1) is 17.4. The van der Waals surface area contributed by atoms with Crippen molar-refractivity contribution in [1.29, 1.82) is 0 Å². The second kappa shape index (κ2) is 10.5. The molecule has 37 heavy (non-hydrogen) atoms. The normalized spacial score (nSPS) is 19.6. The first-order valence-electron chi connectivity index (χ1n) is 12.5. The van der Waals surface area contributed by atoms with Crippen LogP contribution in [0.25, 0.3) is 0 Å². The Morgan fingerprint density at radius 2 is 1.81 bits per heavy atom. The van der Waals surface area contributed by atoms with E-state index in [0.717, 1.165) is 5.56 Å². The van der Waals surface area contributed by atoms with Crippen LogP contribution >= 0.6 is 0 Å². The number of ketones is 1. The Bertz CT molecular complexity index is 1250. The van der Waals surface area contributed by atoms with Crippen LogP contribution in [0.4, 0.5) is 5.69 Å². The van der Waals surface area contributed by atoms with Crippen molar-refractivity contribution in [2.45, 2.75) is 61.2 Å². The molecule has 1 amide bonds. The maximum Gasteiger partial charge on any atom is 0.240 e. The molecule has 10 heteroatoms. The number of sulfone groups is 1. The van der Waals surface area contributed by atoms with Crippen molar-refractivity contribution in [2.24, 2.45) is 5.73 Å². The molecule has 0 radical (unpaired) electrons. The Morgan fingerprint density at radius 3 is 2.43 bits per heavy atom. The van der Waals surface area contributed by atoms with Crippen LogP contribution in [0, 0.1) is 0 Å². The molecule has 2 aliphatic rings. The second-order valence-electron chi connectivity index (χ2n) is 10.6. The third kappa shape index (κ3) is 5.72. The number of fused-ring (bicyclic) bond motifs is 2. The number of anilines is 1. The zero-order valence-electron chi connectivity index (χ0n) is 21.5. The largest absolute Gasteiger partial charge is 0.374 e. The van der Waals surface area contributed by atoms with Gasteiger partial charge >= 0.3 is 0 Å². The molecular weight excluding hydrogens is 492 g/mol. The predicted octanol–water partition coefficient (Wildman–Crippen LogP) is 1.51. The van der Waals surface area contributed by atoms with Gasteiger partial charge in [-0.2, -0.15) is 0 Å². The molecule has 1 saturated heterocycles. The predicted molar refractivity (Wildman–Crippen MR) is 142 cm³/mol. The zero-order chi connectivity index (χ0) is 26.8. The summed E-state index contributed by atoms with van der Waals surface area (Å²) in [4.78, 5) is 27.3. The van der Waals surface area contributed by atoms with Crippen LogP contribution in [0.5, 0.6) is 0 Å². The average molecular weight is 529 g/mol. The van der Waals surface area contributed by atoms with Gasteiger partial charge in [-0.3, -0.25) is 9.59 Å². The summed E-state index contributed by atoms with van der Waals surface area (Å²) in [6, 6.07) is 12.9. The maximum atomic E-state index is 14.2. The summed E-state index contributed by atoms with van der Waals surface area (Å²) in [5.74, 6) is -0.732. The number of piperidine rings is 1. The van der Waals surface area contributed by atoms with Gasteiger partial charge in [0.25, 0.3) is 0 Å². The van der Waals surface area contributed by atoms with E-state index in [1.807, 2.05) is 36.4 Å². The Hall–Kier alpha value is -2.79. The molecule has 2 aromatic carbocycles. The van der Waals surface area contributed by atoms with Crippen LogP contribution in [0.3, 0.4) is 0 Å². The van der Waals surface area contributed by atoms with Gasteiger partial charge in [-0.25, -0.2) is 8.42 Å². The van der Waals surface area contributed by atoms with E-state index in [9.17, 15) is 18.0 Å². The summed E-state index contributed by atoms with van der Waals surface area (Å²) in [6.07, 6.45) is 2.34. The number of nitrogens with two attached hydrogens (primary N) is 1. The van der Waals surface area contributed by atoms with Crippen molar-refractivity contribution in [1.82, 2.24) is 10.6 Å². The standard InChI is InChI=1S/C27H36N4O5S/c1-26(2,28)25(33)31-20(17-36-16-18-8-5-4-6-9-18)23(32)24-27(12-14-29-15-13-27)22-19(30-24)10-7-11-21(22)37(3,34)35/h4-11,20,24,29-30H,12-17,28H2,1-3H3,(H,31,33)/t20-,24?/m1/s1. The second-order valence-corrected chi connectivity index (χ2v) is 12.6. The molecule has 0 saturated carbocycles. The number of hydrogen-bond acceptors (Lipinski definition) is 8. The van der Waals surface area contributed by atoms with Gasteiger partial charge in [-0.15, -0.1) is 0 Å². The lowest BCUT2D eigenvalue weighted by Gasteiger charge is -2.40. The summed E-state index contributed by atoms with van der Waals surface area (Å²) in [5, 5.41) is 9.45. The number of Topliss-reactive ketones (excluding diaryl/α,β-unsaturated/α-hetero) is 1. The molecule has 2 aliphatic heterocycles. The van der Waals surface area contributed by atoms with E-state index in [1.165, 1.54) is 6.26 Å². The van der Waals surface area contributed by atoms with Crippen molar-refractivity contribution < 1.29 is 22.7 Å². The van der Waals surface area contributed by atoms with E-state index < -0.39 is 38.8 Å². The van der Waals surface area contributed by atoms with E-state index in [2.05, 4.69) is 16.0 Å². The fourth-order valence-electron chi connectivity index (χ4n) is 5.28. The Kier molecular flexibility index (Phi) is 7.75. The molecule has 5 N–H and O–H groups in total. The lowest BCUT2D eigenvalue weighted by molar-refractivity contribution is -0.133. The topological polar surface area (TPSA) is 140 Å². The van der Waals surface area contributed by atoms with Crippen molar-refractivity contribution in [3.05, 3.63) is 59.7 Å². The van der Waals surface area contributed by atoms with E-state index in [4.69, 9.17) is 10.5 Å². The third-order valence-electron chi connectivity index (χ3n) is 7.19. The minimum Gasteiger partial charge on any atom is -0.374 e.